The van der Waals surface area contributed by atoms with Crippen molar-refractivity contribution in [1.29, 1.82) is 0 Å². The topological polar surface area (TPSA) is 58.6 Å². The highest BCUT2D eigenvalue weighted by molar-refractivity contribution is 7.09. The van der Waals surface area contributed by atoms with Gasteiger partial charge in [-0.2, -0.15) is 0 Å². The smallest absolute Gasteiger partial charge is 0.265 e. The zero-order valence-corrected chi connectivity index (χ0v) is 12.4. The number of carbonyl (C=O) groups excluding carboxylic acids is 1. The van der Waals surface area contributed by atoms with Crippen LogP contribution in [0.25, 0.3) is 0 Å². The number of halogens is 2. The van der Waals surface area contributed by atoms with Gasteiger partial charge in [-0.15, -0.1) is 11.3 Å². The number of ether oxygens (including phenoxy) is 1. The Morgan fingerprint density at radius 2 is 2.14 bits per heavy atom. The zero-order valence-electron chi connectivity index (χ0n) is 11.5. The molecule has 4 nitrogen and oxygen atoms in total. The number of thiophene rings is 1. The largest absolute Gasteiger partial charge is 0.488 e. The maximum Gasteiger partial charge on any atom is 0.265 e. The number of hydrogen-bond acceptors (Lipinski definition) is 4. The average molecular weight is 327 g/mol. The second kappa shape index (κ2) is 7.86. The molecular weight excluding hydrogens is 312 g/mol. The summed E-state index contributed by atoms with van der Waals surface area (Å²) in [5, 5.41) is 13.2. The summed E-state index contributed by atoms with van der Waals surface area (Å²) in [6.45, 7) is -0.108. The molecule has 0 saturated carbocycles. The predicted octanol–water partition coefficient (Wildman–Crippen LogP) is 2.68. The third-order valence-electron chi connectivity index (χ3n) is 2.82. The molecule has 2 rings (SSSR count). The molecule has 1 amide bonds. The van der Waals surface area contributed by atoms with Crippen molar-refractivity contribution >= 4 is 17.2 Å². The van der Waals surface area contributed by atoms with Gasteiger partial charge in [0.15, 0.2) is 0 Å². The Kier molecular flexibility index (Phi) is 5.85. The van der Waals surface area contributed by atoms with Gasteiger partial charge in [-0.1, -0.05) is 12.1 Å². The molecule has 0 fully saturated rings. The van der Waals surface area contributed by atoms with E-state index in [0.717, 1.165) is 4.88 Å². The van der Waals surface area contributed by atoms with Gasteiger partial charge in [-0.25, -0.2) is 8.78 Å². The molecular formula is C15H15F2NO3S. The maximum atomic E-state index is 12.2. The Morgan fingerprint density at radius 1 is 1.32 bits per heavy atom. The summed E-state index contributed by atoms with van der Waals surface area (Å²) in [5.74, 6) is -0.0308. The molecule has 2 N–H and O–H groups in total. The molecule has 0 aliphatic carbocycles. The van der Waals surface area contributed by atoms with Crippen LogP contribution >= 0.6 is 11.3 Å². The molecule has 0 saturated heterocycles. The molecule has 1 atom stereocenters. The maximum absolute atomic E-state index is 12.2. The molecule has 0 radical (unpaired) electrons. The highest BCUT2D eigenvalue weighted by Crippen LogP contribution is 2.17. The second-order valence-electron chi connectivity index (χ2n) is 4.51. The van der Waals surface area contributed by atoms with Crippen molar-refractivity contribution < 1.29 is 23.4 Å². The van der Waals surface area contributed by atoms with Crippen molar-refractivity contribution in [1.82, 2.24) is 5.32 Å². The molecule has 0 spiro atoms. The lowest BCUT2D eigenvalue weighted by Gasteiger charge is -2.11. The van der Waals surface area contributed by atoms with Gasteiger partial charge in [0, 0.05) is 17.0 Å². The van der Waals surface area contributed by atoms with Crippen molar-refractivity contribution in [3.8, 4) is 5.75 Å². The van der Waals surface area contributed by atoms with Gasteiger partial charge in [0.1, 0.15) is 18.5 Å². The molecule has 0 aliphatic heterocycles. The molecule has 1 aromatic heterocycles. The monoisotopic (exact) mass is 327 g/mol. The molecule has 2 aromatic rings. The minimum absolute atomic E-state index is 0.283. The number of hydrogen-bond donors (Lipinski definition) is 2. The van der Waals surface area contributed by atoms with E-state index in [4.69, 9.17) is 9.84 Å². The normalized spacial score (nSPS) is 12.2. The van der Waals surface area contributed by atoms with Gasteiger partial charge in [0.25, 0.3) is 12.3 Å². The first kappa shape index (κ1) is 16.4. The summed E-state index contributed by atoms with van der Waals surface area (Å²) in [4.78, 5) is 12.9. The third-order valence-corrected chi connectivity index (χ3v) is 3.67. The summed E-state index contributed by atoms with van der Waals surface area (Å²) in [5.41, 5.74) is 0.283. The Morgan fingerprint density at radius 3 is 2.82 bits per heavy atom. The summed E-state index contributed by atoms with van der Waals surface area (Å²) >= 11 is 1.56. The molecule has 7 heteroatoms. The number of amides is 1. The number of alkyl halides is 2. The lowest BCUT2D eigenvalue weighted by atomic mass is 10.2. The molecule has 1 heterocycles. The first-order valence-corrected chi connectivity index (χ1v) is 7.44. The summed E-state index contributed by atoms with van der Waals surface area (Å²) < 4.78 is 29.9. The third kappa shape index (κ3) is 4.78. The molecule has 1 aromatic carbocycles. The van der Waals surface area contributed by atoms with Crippen LogP contribution in [0.5, 0.6) is 5.75 Å². The fourth-order valence-electron chi connectivity index (χ4n) is 1.66. The SMILES string of the molecule is O=C(NCC(O)C(F)F)c1cccc(OCc2cccs2)c1. The standard InChI is InChI=1S/C15H15F2NO3S/c16-14(17)13(19)8-18-15(20)10-3-1-4-11(7-10)21-9-12-5-2-6-22-12/h1-7,13-14,19H,8-9H2,(H,18,20). The van der Waals surface area contributed by atoms with E-state index in [2.05, 4.69) is 5.32 Å². The summed E-state index contributed by atoms with van der Waals surface area (Å²) in [6, 6.07) is 10.3. The predicted molar refractivity (Wildman–Crippen MR) is 79.4 cm³/mol. The summed E-state index contributed by atoms with van der Waals surface area (Å²) in [7, 11) is 0. The van der Waals surface area contributed by atoms with Gasteiger partial charge in [-0.3, -0.25) is 4.79 Å². The van der Waals surface area contributed by atoms with Gasteiger partial charge in [0.2, 0.25) is 0 Å². The van der Waals surface area contributed by atoms with Crippen molar-refractivity contribution in [3.63, 3.8) is 0 Å². The first-order chi connectivity index (χ1) is 10.6. The van der Waals surface area contributed by atoms with E-state index in [0.29, 0.717) is 12.4 Å². The molecule has 1 unspecified atom stereocenters. The van der Waals surface area contributed by atoms with Crippen LogP contribution in [0.3, 0.4) is 0 Å². The molecule has 0 aliphatic rings. The fraction of sp³-hybridized carbons (Fsp3) is 0.267. The highest BCUT2D eigenvalue weighted by atomic mass is 32.1. The molecule has 0 bridgehead atoms. The fourth-order valence-corrected chi connectivity index (χ4v) is 2.28. The van der Waals surface area contributed by atoms with E-state index in [-0.39, 0.29) is 5.56 Å². The van der Waals surface area contributed by atoms with Gasteiger partial charge in [0.05, 0.1) is 0 Å². The van der Waals surface area contributed by atoms with Crippen LogP contribution in [0.15, 0.2) is 41.8 Å². The molecule has 22 heavy (non-hydrogen) atoms. The van der Waals surface area contributed by atoms with Gasteiger partial charge >= 0.3 is 0 Å². The van der Waals surface area contributed by atoms with Crippen molar-refractivity contribution in [2.45, 2.75) is 19.1 Å². The highest BCUT2D eigenvalue weighted by Gasteiger charge is 2.18. The van der Waals surface area contributed by atoms with Gasteiger partial charge < -0.3 is 15.2 Å². The van der Waals surface area contributed by atoms with Crippen LogP contribution in [0.4, 0.5) is 8.78 Å². The van der Waals surface area contributed by atoms with Crippen LogP contribution in [0.2, 0.25) is 0 Å². The Bertz CT molecular complexity index is 605. The quantitative estimate of drug-likeness (QED) is 0.822. The van der Waals surface area contributed by atoms with E-state index in [1.165, 1.54) is 6.07 Å². The van der Waals surface area contributed by atoms with E-state index in [1.807, 2.05) is 17.5 Å². The van der Waals surface area contributed by atoms with E-state index >= 15 is 0 Å². The van der Waals surface area contributed by atoms with Crippen molar-refractivity contribution in [3.05, 3.63) is 52.2 Å². The Labute approximate surface area is 130 Å². The number of benzene rings is 1. The van der Waals surface area contributed by atoms with E-state index in [1.54, 1.807) is 29.5 Å². The second-order valence-corrected chi connectivity index (χ2v) is 5.54. The van der Waals surface area contributed by atoms with Crippen LogP contribution in [-0.4, -0.2) is 30.1 Å². The number of aliphatic hydroxyl groups is 1. The van der Waals surface area contributed by atoms with E-state index < -0.39 is 25.0 Å². The van der Waals surface area contributed by atoms with Crippen molar-refractivity contribution in [2.24, 2.45) is 0 Å². The zero-order chi connectivity index (χ0) is 15.9. The van der Waals surface area contributed by atoms with Crippen LogP contribution < -0.4 is 10.1 Å². The Balaban J connectivity index is 1.91. The van der Waals surface area contributed by atoms with Crippen LogP contribution in [0.1, 0.15) is 15.2 Å². The molecule has 118 valence electrons. The van der Waals surface area contributed by atoms with Crippen LogP contribution in [-0.2, 0) is 6.61 Å². The number of rotatable bonds is 7. The number of nitrogens with one attached hydrogen (secondary N) is 1. The number of carbonyl (C=O) groups is 1. The summed E-state index contributed by atoms with van der Waals surface area (Å²) in [6.07, 6.45) is -4.76. The van der Waals surface area contributed by atoms with Crippen LogP contribution in [0, 0.1) is 0 Å². The van der Waals surface area contributed by atoms with Crippen molar-refractivity contribution in [2.75, 3.05) is 6.54 Å². The lowest BCUT2D eigenvalue weighted by molar-refractivity contribution is -0.00270. The average Bonchev–Trinajstić information content (AvgIpc) is 3.03. The minimum atomic E-state index is -2.89. The van der Waals surface area contributed by atoms with Gasteiger partial charge in [-0.05, 0) is 29.6 Å². The lowest BCUT2D eigenvalue weighted by Crippen LogP contribution is -2.35. The van der Waals surface area contributed by atoms with E-state index in [9.17, 15) is 13.6 Å². The first-order valence-electron chi connectivity index (χ1n) is 6.56. The minimum Gasteiger partial charge on any atom is -0.488 e. The number of aliphatic hydroxyl groups excluding tert-OH is 1. The Hall–Kier alpha value is -1.99.